The Kier molecular flexibility index (Phi) is 9.02. The Balaban J connectivity index is 0.00000128. The molecule has 0 saturated carbocycles. The summed E-state index contributed by atoms with van der Waals surface area (Å²) in [6, 6.07) is 19.7. The van der Waals surface area contributed by atoms with Crippen LogP contribution >= 0.6 is 24.8 Å². The number of hydrogen-bond acceptors (Lipinski definition) is 2. The van der Waals surface area contributed by atoms with Crippen LogP contribution in [0, 0.1) is 0 Å². The highest BCUT2D eigenvalue weighted by Crippen LogP contribution is 2.40. The SMILES string of the molecule is CC(C)(C)c1cn2c3ccccc3n(CCN3CCOCC3)c2c1-c1ccccc1.Cl.Cl.O. The van der Waals surface area contributed by atoms with Gasteiger partial charge in [-0.15, -0.1) is 24.8 Å². The monoisotopic (exact) mass is 491 g/mol. The van der Waals surface area contributed by atoms with Gasteiger partial charge in [0.05, 0.1) is 24.2 Å². The van der Waals surface area contributed by atoms with Crippen molar-refractivity contribution in [3.05, 3.63) is 66.4 Å². The molecule has 7 heteroatoms. The molecular weight excluding hydrogens is 457 g/mol. The smallest absolute Gasteiger partial charge is 0.126 e. The van der Waals surface area contributed by atoms with E-state index < -0.39 is 0 Å². The first-order valence-electron chi connectivity index (χ1n) is 11.0. The van der Waals surface area contributed by atoms with E-state index in [2.05, 4.69) is 95.4 Å². The molecule has 4 aromatic rings. The average Bonchev–Trinajstić information content (AvgIpc) is 3.29. The number of morpholine rings is 1. The van der Waals surface area contributed by atoms with Crippen molar-refractivity contribution in [3.63, 3.8) is 0 Å². The maximum absolute atomic E-state index is 5.54. The Bertz CT molecular complexity index is 1170. The standard InChI is InChI=1S/C26H31N3O.2ClH.H2O/c1-26(2,3)21-19-29-23-12-8-7-11-22(23)28(14-13-27-15-17-30-18-16-27)25(29)24(21)20-9-5-4-6-10-20;;;/h4-12,19H,13-18H2,1-3H3;2*1H;1H2. The summed E-state index contributed by atoms with van der Waals surface area (Å²) in [5.74, 6) is 0. The molecule has 1 saturated heterocycles. The first-order valence-corrected chi connectivity index (χ1v) is 11.0. The lowest BCUT2D eigenvalue weighted by Crippen LogP contribution is -2.38. The van der Waals surface area contributed by atoms with E-state index in [9.17, 15) is 0 Å². The number of ether oxygens (including phenoxy) is 1. The van der Waals surface area contributed by atoms with Crippen molar-refractivity contribution in [3.8, 4) is 11.1 Å². The van der Waals surface area contributed by atoms with Gasteiger partial charge in [-0.05, 0) is 28.7 Å². The Labute approximate surface area is 208 Å². The fraction of sp³-hybridized carbons (Fsp3) is 0.385. The molecule has 33 heavy (non-hydrogen) atoms. The molecule has 0 spiro atoms. The van der Waals surface area contributed by atoms with Crippen LogP contribution in [-0.4, -0.2) is 52.2 Å². The minimum absolute atomic E-state index is 0. The molecule has 0 bridgehead atoms. The van der Waals surface area contributed by atoms with Crippen molar-refractivity contribution in [1.82, 2.24) is 13.9 Å². The number of benzene rings is 2. The molecule has 2 aromatic heterocycles. The van der Waals surface area contributed by atoms with E-state index in [-0.39, 0.29) is 35.7 Å². The number of nitrogens with zero attached hydrogens (tertiary/aromatic N) is 3. The highest BCUT2D eigenvalue weighted by atomic mass is 35.5. The minimum Gasteiger partial charge on any atom is -0.412 e. The largest absolute Gasteiger partial charge is 0.412 e. The molecule has 0 radical (unpaired) electrons. The number of hydrogen-bond donors (Lipinski definition) is 0. The summed E-state index contributed by atoms with van der Waals surface area (Å²) < 4.78 is 10.5. The van der Waals surface area contributed by atoms with Crippen LogP contribution in [0.1, 0.15) is 26.3 Å². The Morgan fingerprint density at radius 3 is 2.06 bits per heavy atom. The van der Waals surface area contributed by atoms with Gasteiger partial charge >= 0.3 is 0 Å². The molecule has 2 N–H and O–H groups in total. The summed E-state index contributed by atoms with van der Waals surface area (Å²) in [6.45, 7) is 12.7. The van der Waals surface area contributed by atoms with E-state index in [4.69, 9.17) is 4.74 Å². The summed E-state index contributed by atoms with van der Waals surface area (Å²) in [5.41, 5.74) is 8.00. The zero-order chi connectivity index (χ0) is 20.7. The second kappa shape index (κ2) is 10.9. The van der Waals surface area contributed by atoms with Crippen LogP contribution in [0.3, 0.4) is 0 Å². The third-order valence-corrected chi connectivity index (χ3v) is 6.28. The van der Waals surface area contributed by atoms with E-state index in [1.54, 1.807) is 0 Å². The van der Waals surface area contributed by atoms with E-state index in [0.717, 1.165) is 39.4 Å². The van der Waals surface area contributed by atoms with Gasteiger partial charge in [-0.2, -0.15) is 0 Å². The van der Waals surface area contributed by atoms with Crippen molar-refractivity contribution < 1.29 is 10.2 Å². The van der Waals surface area contributed by atoms with Crippen molar-refractivity contribution in [2.24, 2.45) is 0 Å². The highest BCUT2D eigenvalue weighted by molar-refractivity contribution is 5.92. The van der Waals surface area contributed by atoms with Gasteiger partial charge in [0.25, 0.3) is 0 Å². The van der Waals surface area contributed by atoms with Crippen molar-refractivity contribution in [2.75, 3.05) is 32.8 Å². The third-order valence-electron chi connectivity index (χ3n) is 6.28. The van der Waals surface area contributed by atoms with Crippen LogP contribution in [0.5, 0.6) is 0 Å². The van der Waals surface area contributed by atoms with Crippen LogP contribution in [0.15, 0.2) is 60.8 Å². The molecular formula is C26H35Cl2N3O2. The van der Waals surface area contributed by atoms with Gasteiger partial charge < -0.3 is 19.2 Å². The van der Waals surface area contributed by atoms with Crippen LogP contribution in [0.4, 0.5) is 0 Å². The average molecular weight is 492 g/mol. The second-order valence-electron chi connectivity index (χ2n) is 9.32. The van der Waals surface area contributed by atoms with Gasteiger partial charge in [-0.1, -0.05) is 63.2 Å². The molecule has 0 aliphatic carbocycles. The van der Waals surface area contributed by atoms with Gasteiger partial charge in [-0.25, -0.2) is 0 Å². The van der Waals surface area contributed by atoms with E-state index in [0.29, 0.717) is 0 Å². The molecule has 1 aliphatic rings. The number of rotatable bonds is 4. The van der Waals surface area contributed by atoms with Crippen LogP contribution < -0.4 is 0 Å². The van der Waals surface area contributed by atoms with E-state index in [1.165, 1.54) is 33.4 Å². The summed E-state index contributed by atoms with van der Waals surface area (Å²) in [4.78, 5) is 2.52. The lowest BCUT2D eigenvalue weighted by molar-refractivity contribution is 0.0366. The normalized spacial score (nSPS) is 14.5. The number of aromatic nitrogens is 2. The zero-order valence-corrected chi connectivity index (χ0v) is 21.2. The maximum Gasteiger partial charge on any atom is 0.126 e. The Morgan fingerprint density at radius 2 is 1.42 bits per heavy atom. The quantitative estimate of drug-likeness (QED) is 0.393. The van der Waals surface area contributed by atoms with Gasteiger partial charge in [0, 0.05) is 37.9 Å². The molecule has 3 heterocycles. The summed E-state index contributed by atoms with van der Waals surface area (Å²) in [5, 5.41) is 0. The van der Waals surface area contributed by atoms with E-state index >= 15 is 0 Å². The van der Waals surface area contributed by atoms with Crippen molar-refractivity contribution in [1.29, 1.82) is 0 Å². The maximum atomic E-state index is 5.54. The van der Waals surface area contributed by atoms with Crippen LogP contribution in [0.2, 0.25) is 0 Å². The molecule has 0 amide bonds. The first-order chi connectivity index (χ1) is 14.5. The predicted octanol–water partition coefficient (Wildman–Crippen LogP) is 5.21. The fourth-order valence-electron chi connectivity index (χ4n) is 4.71. The lowest BCUT2D eigenvalue weighted by Gasteiger charge is -2.27. The van der Waals surface area contributed by atoms with Gasteiger partial charge in [0.15, 0.2) is 0 Å². The minimum atomic E-state index is 0. The number of para-hydroxylation sites is 2. The zero-order valence-electron chi connectivity index (χ0n) is 19.6. The van der Waals surface area contributed by atoms with Crippen molar-refractivity contribution in [2.45, 2.75) is 32.7 Å². The van der Waals surface area contributed by atoms with E-state index in [1.807, 2.05) is 0 Å². The first kappa shape index (κ1) is 27.2. The van der Waals surface area contributed by atoms with Gasteiger partial charge in [-0.3, -0.25) is 4.90 Å². The van der Waals surface area contributed by atoms with Crippen molar-refractivity contribution >= 4 is 41.5 Å². The molecule has 180 valence electrons. The molecule has 2 aromatic carbocycles. The van der Waals surface area contributed by atoms with Crippen LogP contribution in [-0.2, 0) is 16.7 Å². The topological polar surface area (TPSA) is 53.3 Å². The molecule has 0 unspecified atom stereocenters. The Hall–Kier alpha value is -2.02. The molecule has 1 fully saturated rings. The molecule has 5 rings (SSSR count). The number of halogens is 2. The summed E-state index contributed by atoms with van der Waals surface area (Å²) in [7, 11) is 0. The molecule has 1 aliphatic heterocycles. The number of fused-ring (bicyclic) bond motifs is 3. The summed E-state index contributed by atoms with van der Waals surface area (Å²) in [6.07, 6.45) is 2.37. The third kappa shape index (κ3) is 5.08. The lowest BCUT2D eigenvalue weighted by atomic mass is 9.84. The molecule has 5 nitrogen and oxygen atoms in total. The highest BCUT2D eigenvalue weighted by Gasteiger charge is 2.26. The van der Waals surface area contributed by atoms with Gasteiger partial charge in [0.1, 0.15) is 5.65 Å². The predicted molar refractivity (Wildman–Crippen MR) is 142 cm³/mol. The van der Waals surface area contributed by atoms with Crippen LogP contribution in [0.25, 0.3) is 27.8 Å². The summed E-state index contributed by atoms with van der Waals surface area (Å²) >= 11 is 0. The second-order valence-corrected chi connectivity index (χ2v) is 9.32. The Morgan fingerprint density at radius 1 is 0.818 bits per heavy atom. The van der Waals surface area contributed by atoms with Gasteiger partial charge in [0.2, 0.25) is 0 Å². The molecule has 0 atom stereocenters. The number of imidazole rings is 1. The fourth-order valence-corrected chi connectivity index (χ4v) is 4.71.